The van der Waals surface area contributed by atoms with Crippen molar-refractivity contribution in [3.8, 4) is 0 Å². The Morgan fingerprint density at radius 2 is 2.07 bits per heavy atom. The van der Waals surface area contributed by atoms with Gasteiger partial charge in [0.15, 0.2) is 0 Å². The number of rotatable bonds is 0. The van der Waals surface area contributed by atoms with Crippen LogP contribution in [0, 0.1) is 40.9 Å². The summed E-state index contributed by atoms with van der Waals surface area (Å²) in [4.78, 5) is 0. The molecule has 5 aliphatic carbocycles. The lowest BCUT2D eigenvalue weighted by atomic mass is 9.62. The van der Waals surface area contributed by atoms with Crippen LogP contribution < -0.4 is 0 Å². The highest BCUT2D eigenvalue weighted by molar-refractivity contribution is 5.24. The zero-order valence-electron chi connectivity index (χ0n) is 9.36. The van der Waals surface area contributed by atoms with Gasteiger partial charge >= 0.3 is 0 Å². The van der Waals surface area contributed by atoms with Crippen LogP contribution in [0.5, 0.6) is 0 Å². The summed E-state index contributed by atoms with van der Waals surface area (Å²) in [6.07, 6.45) is 14.6. The van der Waals surface area contributed by atoms with Crippen LogP contribution in [0.25, 0.3) is 0 Å². The quantitative estimate of drug-likeness (QED) is 0.524. The van der Waals surface area contributed by atoms with Crippen LogP contribution in [0.1, 0.15) is 38.5 Å². The summed E-state index contributed by atoms with van der Waals surface area (Å²) in [7, 11) is 0. The Bertz CT molecular complexity index is 355. The summed E-state index contributed by atoms with van der Waals surface area (Å²) in [6.45, 7) is 0. The predicted molar refractivity (Wildman–Crippen MR) is 60.2 cm³/mol. The van der Waals surface area contributed by atoms with Gasteiger partial charge in [0.05, 0.1) is 0 Å². The molecule has 1 spiro atoms. The number of fused-ring (bicyclic) bond motifs is 3. The lowest BCUT2D eigenvalue weighted by molar-refractivity contribution is 0.0652. The molecule has 0 nitrogen and oxygen atoms in total. The Labute approximate surface area is 92.1 Å². The second-order valence-corrected chi connectivity index (χ2v) is 7.03. The van der Waals surface area contributed by atoms with Crippen molar-refractivity contribution in [1.82, 2.24) is 0 Å². The molecular weight excluding hydrogens is 180 g/mol. The molecule has 0 aromatic heterocycles. The van der Waals surface area contributed by atoms with Crippen molar-refractivity contribution in [2.24, 2.45) is 40.9 Å². The molecule has 0 N–H and O–H groups in total. The van der Waals surface area contributed by atoms with Crippen molar-refractivity contribution in [2.75, 3.05) is 0 Å². The average molecular weight is 200 g/mol. The molecular formula is C15H20. The number of allylic oxidation sites excluding steroid dienone is 2. The van der Waals surface area contributed by atoms with Gasteiger partial charge in [-0.1, -0.05) is 12.2 Å². The van der Waals surface area contributed by atoms with Gasteiger partial charge < -0.3 is 0 Å². The van der Waals surface area contributed by atoms with E-state index in [9.17, 15) is 0 Å². The standard InChI is InChI=1S/C15H20/c1-2-10-8-15-11-5-4-9(6-11)14(15)7-12(10)13(15)3-1/h1-2,9-14H,3-8H2. The molecule has 4 fully saturated rings. The summed E-state index contributed by atoms with van der Waals surface area (Å²) in [6, 6.07) is 0. The van der Waals surface area contributed by atoms with E-state index >= 15 is 0 Å². The molecule has 0 aromatic rings. The third-order valence-corrected chi connectivity index (χ3v) is 7.14. The predicted octanol–water partition coefficient (Wildman–Crippen LogP) is 3.63. The fourth-order valence-corrected chi connectivity index (χ4v) is 6.96. The zero-order valence-corrected chi connectivity index (χ0v) is 9.36. The van der Waals surface area contributed by atoms with Gasteiger partial charge in [0.2, 0.25) is 0 Å². The normalized spacial score (nSPS) is 67.7. The molecule has 5 aliphatic rings. The van der Waals surface area contributed by atoms with Crippen LogP contribution in [0.3, 0.4) is 0 Å². The molecule has 0 aromatic carbocycles. The maximum atomic E-state index is 2.58. The summed E-state index contributed by atoms with van der Waals surface area (Å²) >= 11 is 0. The lowest BCUT2D eigenvalue weighted by Crippen LogP contribution is -2.35. The van der Waals surface area contributed by atoms with Crippen LogP contribution in [-0.4, -0.2) is 0 Å². The van der Waals surface area contributed by atoms with Gasteiger partial charge in [-0.25, -0.2) is 0 Å². The van der Waals surface area contributed by atoms with E-state index in [1.165, 1.54) is 18.3 Å². The van der Waals surface area contributed by atoms with Crippen molar-refractivity contribution < 1.29 is 0 Å². The average Bonchev–Trinajstić information content (AvgIpc) is 2.94. The number of hydrogen-bond acceptors (Lipinski definition) is 0. The molecule has 0 radical (unpaired) electrons. The van der Waals surface area contributed by atoms with E-state index in [4.69, 9.17) is 0 Å². The Morgan fingerprint density at radius 3 is 3.07 bits per heavy atom. The largest absolute Gasteiger partial charge is 0.0879 e. The molecule has 7 atom stereocenters. The summed E-state index contributed by atoms with van der Waals surface area (Å²) in [5.41, 5.74) is 0.877. The van der Waals surface area contributed by atoms with E-state index < -0.39 is 0 Å². The van der Waals surface area contributed by atoms with Gasteiger partial charge in [0, 0.05) is 0 Å². The smallest absolute Gasteiger partial charge is 0.0196 e. The van der Waals surface area contributed by atoms with E-state index in [0.29, 0.717) is 0 Å². The lowest BCUT2D eigenvalue weighted by Gasteiger charge is -2.42. The SMILES string of the molecule is C1=CC2CC34C5CCC(C5)C3CC2C4C1. The fourth-order valence-electron chi connectivity index (χ4n) is 6.96. The topological polar surface area (TPSA) is 0 Å². The van der Waals surface area contributed by atoms with E-state index in [0.717, 1.165) is 29.1 Å². The van der Waals surface area contributed by atoms with Crippen LogP contribution in [0.4, 0.5) is 0 Å². The molecule has 0 heterocycles. The molecule has 4 saturated carbocycles. The third-order valence-electron chi connectivity index (χ3n) is 7.14. The molecule has 15 heavy (non-hydrogen) atoms. The minimum atomic E-state index is 0.877. The summed E-state index contributed by atoms with van der Waals surface area (Å²) < 4.78 is 0. The molecule has 0 amide bonds. The fraction of sp³-hybridized carbons (Fsp3) is 0.867. The van der Waals surface area contributed by atoms with E-state index in [-0.39, 0.29) is 0 Å². The van der Waals surface area contributed by atoms with Crippen LogP contribution in [0.2, 0.25) is 0 Å². The van der Waals surface area contributed by atoms with Gasteiger partial charge in [0.1, 0.15) is 0 Å². The minimum Gasteiger partial charge on any atom is -0.0879 e. The van der Waals surface area contributed by atoms with Gasteiger partial charge in [-0.05, 0) is 79.4 Å². The van der Waals surface area contributed by atoms with Gasteiger partial charge in [0.25, 0.3) is 0 Å². The molecule has 0 heteroatoms. The van der Waals surface area contributed by atoms with Crippen molar-refractivity contribution in [2.45, 2.75) is 38.5 Å². The van der Waals surface area contributed by atoms with E-state index in [1.54, 1.807) is 32.1 Å². The molecule has 0 aliphatic heterocycles. The van der Waals surface area contributed by atoms with Gasteiger partial charge in [-0.2, -0.15) is 0 Å². The zero-order chi connectivity index (χ0) is 9.62. The summed E-state index contributed by atoms with van der Waals surface area (Å²) in [5.74, 6) is 6.78. The first-order valence-electron chi connectivity index (χ1n) is 7.06. The second-order valence-electron chi connectivity index (χ2n) is 7.03. The van der Waals surface area contributed by atoms with Crippen LogP contribution in [0.15, 0.2) is 12.2 Å². The molecule has 80 valence electrons. The monoisotopic (exact) mass is 200 g/mol. The highest BCUT2D eigenvalue weighted by atomic mass is 14.7. The highest BCUT2D eigenvalue weighted by Crippen LogP contribution is 2.78. The maximum absolute atomic E-state index is 2.58. The Kier molecular flexibility index (Phi) is 1.17. The number of hydrogen-bond donors (Lipinski definition) is 0. The van der Waals surface area contributed by atoms with Crippen LogP contribution >= 0.6 is 0 Å². The molecule has 5 rings (SSSR count). The minimum absolute atomic E-state index is 0.877. The Hall–Kier alpha value is -0.260. The summed E-state index contributed by atoms with van der Waals surface area (Å²) in [5, 5.41) is 0. The second kappa shape index (κ2) is 2.21. The molecule has 6 bridgehead atoms. The van der Waals surface area contributed by atoms with Crippen LogP contribution in [-0.2, 0) is 0 Å². The van der Waals surface area contributed by atoms with E-state index in [2.05, 4.69) is 12.2 Å². The van der Waals surface area contributed by atoms with Gasteiger partial charge in [-0.15, -0.1) is 0 Å². The Morgan fingerprint density at radius 1 is 1.07 bits per heavy atom. The van der Waals surface area contributed by atoms with Crippen molar-refractivity contribution >= 4 is 0 Å². The Balaban J connectivity index is 1.70. The molecule has 7 unspecified atom stereocenters. The first kappa shape index (κ1) is 7.92. The molecule has 0 saturated heterocycles. The highest BCUT2D eigenvalue weighted by Gasteiger charge is 2.71. The van der Waals surface area contributed by atoms with Gasteiger partial charge in [-0.3, -0.25) is 0 Å². The maximum Gasteiger partial charge on any atom is -0.0196 e. The first-order valence-corrected chi connectivity index (χ1v) is 7.06. The first-order chi connectivity index (χ1) is 7.39. The van der Waals surface area contributed by atoms with Crippen molar-refractivity contribution in [1.29, 1.82) is 0 Å². The van der Waals surface area contributed by atoms with Crippen molar-refractivity contribution in [3.05, 3.63) is 12.2 Å². The third kappa shape index (κ3) is 0.656. The van der Waals surface area contributed by atoms with Crippen molar-refractivity contribution in [3.63, 3.8) is 0 Å². The van der Waals surface area contributed by atoms with E-state index in [1.807, 2.05) is 0 Å².